The molecule has 0 aliphatic carbocycles. The molecule has 0 nitrogen and oxygen atoms in total. The van der Waals surface area contributed by atoms with Gasteiger partial charge in [0.05, 0.1) is 0 Å². The molecule has 0 N–H and O–H groups in total. The molecule has 0 aromatic carbocycles. The summed E-state index contributed by atoms with van der Waals surface area (Å²) in [6.07, 6.45) is 5.49. The van der Waals surface area contributed by atoms with E-state index in [0.717, 1.165) is 5.92 Å². The SMILES string of the molecule is C/C=C\C(C)C.CC.CCC. The summed E-state index contributed by atoms with van der Waals surface area (Å²) in [5.74, 6) is 0.718. The van der Waals surface area contributed by atoms with Crippen LogP contribution < -0.4 is 0 Å². The van der Waals surface area contributed by atoms with Crippen LogP contribution in [0, 0.1) is 5.92 Å². The van der Waals surface area contributed by atoms with E-state index in [2.05, 4.69) is 39.8 Å². The van der Waals surface area contributed by atoms with Crippen molar-refractivity contribution in [1.29, 1.82) is 0 Å². The van der Waals surface area contributed by atoms with Crippen LogP contribution in [-0.4, -0.2) is 0 Å². The van der Waals surface area contributed by atoms with Crippen LogP contribution in [-0.2, 0) is 0 Å². The molecular weight excluding hydrogens is 132 g/mol. The molecule has 11 heavy (non-hydrogen) atoms. The fourth-order valence-electron chi connectivity index (χ4n) is 0.385. The minimum atomic E-state index is 0.718. The number of rotatable bonds is 1. The number of hydrogen-bond donors (Lipinski definition) is 0. The highest BCUT2D eigenvalue weighted by Gasteiger charge is 1.76. The highest BCUT2D eigenvalue weighted by Crippen LogP contribution is 1.90. The molecule has 0 heteroatoms. The summed E-state index contributed by atoms with van der Waals surface area (Å²) in [6.45, 7) is 14.6. The Balaban J connectivity index is -0.000000109. The van der Waals surface area contributed by atoms with Crippen molar-refractivity contribution in [1.82, 2.24) is 0 Å². The van der Waals surface area contributed by atoms with Crippen LogP contribution in [0.25, 0.3) is 0 Å². The molecule has 0 radical (unpaired) electrons. The highest BCUT2D eigenvalue weighted by molar-refractivity contribution is 4.79. The van der Waals surface area contributed by atoms with E-state index in [1.807, 2.05) is 20.8 Å². The van der Waals surface area contributed by atoms with Gasteiger partial charge in [-0.1, -0.05) is 60.1 Å². The van der Waals surface area contributed by atoms with Crippen LogP contribution in [0.1, 0.15) is 54.9 Å². The van der Waals surface area contributed by atoms with E-state index in [0.29, 0.717) is 0 Å². The van der Waals surface area contributed by atoms with Gasteiger partial charge in [-0.15, -0.1) is 0 Å². The average Bonchev–Trinajstić information content (AvgIpc) is 1.93. The number of allylic oxidation sites excluding steroid dienone is 2. The molecule has 0 spiro atoms. The Morgan fingerprint density at radius 2 is 1.36 bits per heavy atom. The predicted molar refractivity (Wildman–Crippen MR) is 57.0 cm³/mol. The van der Waals surface area contributed by atoms with Gasteiger partial charge in [-0.2, -0.15) is 0 Å². The summed E-state index contributed by atoms with van der Waals surface area (Å²) in [7, 11) is 0. The van der Waals surface area contributed by atoms with Crippen molar-refractivity contribution in [3.8, 4) is 0 Å². The van der Waals surface area contributed by atoms with Crippen LogP contribution in [0.3, 0.4) is 0 Å². The van der Waals surface area contributed by atoms with Crippen LogP contribution >= 0.6 is 0 Å². The Kier molecular flexibility index (Phi) is 34.9. The average molecular weight is 158 g/mol. The molecule has 0 saturated carbocycles. The molecule has 0 amide bonds. The third-order valence-corrected chi connectivity index (χ3v) is 0.577. The largest absolute Gasteiger partial charge is 0.0914 e. The molecule has 0 rings (SSSR count). The maximum absolute atomic E-state index is 2.17. The highest BCUT2D eigenvalue weighted by atomic mass is 13.8. The van der Waals surface area contributed by atoms with Crippen LogP contribution in [0.2, 0.25) is 0 Å². The van der Waals surface area contributed by atoms with Gasteiger partial charge >= 0.3 is 0 Å². The van der Waals surface area contributed by atoms with Crippen molar-refractivity contribution in [3.05, 3.63) is 12.2 Å². The van der Waals surface area contributed by atoms with Crippen molar-refractivity contribution in [3.63, 3.8) is 0 Å². The lowest BCUT2D eigenvalue weighted by atomic mass is 10.2. The summed E-state index contributed by atoms with van der Waals surface area (Å²) in [4.78, 5) is 0. The van der Waals surface area contributed by atoms with Gasteiger partial charge < -0.3 is 0 Å². The van der Waals surface area contributed by atoms with Crippen molar-refractivity contribution in [2.24, 2.45) is 5.92 Å². The second-order valence-corrected chi connectivity index (χ2v) is 2.48. The first-order valence-electron chi connectivity index (χ1n) is 4.81. The summed E-state index contributed by atoms with van der Waals surface area (Å²) in [5, 5.41) is 0. The van der Waals surface area contributed by atoms with Crippen molar-refractivity contribution >= 4 is 0 Å². The van der Waals surface area contributed by atoms with Crippen molar-refractivity contribution in [2.45, 2.75) is 54.9 Å². The molecule has 70 valence electrons. The predicted octanol–water partition coefficient (Wildman–Crippen LogP) is 4.66. The van der Waals surface area contributed by atoms with Crippen molar-refractivity contribution in [2.75, 3.05) is 0 Å². The Morgan fingerprint density at radius 3 is 1.36 bits per heavy atom. The lowest BCUT2D eigenvalue weighted by Crippen LogP contribution is -1.73. The Bertz CT molecular complexity index is 51.1. The second-order valence-electron chi connectivity index (χ2n) is 2.48. The van der Waals surface area contributed by atoms with E-state index in [9.17, 15) is 0 Å². The third kappa shape index (κ3) is 77.7. The minimum Gasteiger partial charge on any atom is -0.0914 e. The monoisotopic (exact) mass is 158 g/mol. The van der Waals surface area contributed by atoms with Crippen LogP contribution in [0.5, 0.6) is 0 Å². The normalized spacial score (nSPS) is 8.36. The molecule has 0 aliphatic heterocycles. The van der Waals surface area contributed by atoms with E-state index >= 15 is 0 Å². The Morgan fingerprint density at radius 1 is 1.09 bits per heavy atom. The van der Waals surface area contributed by atoms with E-state index in [-0.39, 0.29) is 0 Å². The first kappa shape index (κ1) is 17.0. The minimum absolute atomic E-state index is 0.718. The van der Waals surface area contributed by atoms with E-state index in [1.54, 1.807) is 0 Å². The molecule has 0 fully saturated rings. The third-order valence-electron chi connectivity index (χ3n) is 0.577. The fourth-order valence-corrected chi connectivity index (χ4v) is 0.385. The molecule has 0 unspecified atom stereocenters. The molecule has 0 aromatic heterocycles. The Hall–Kier alpha value is -0.260. The lowest BCUT2D eigenvalue weighted by Gasteiger charge is -1.86. The molecule has 0 aliphatic rings. The zero-order valence-electron chi connectivity index (χ0n) is 9.44. The summed E-state index contributed by atoms with van der Waals surface area (Å²) >= 11 is 0. The zero-order valence-corrected chi connectivity index (χ0v) is 9.44. The van der Waals surface area contributed by atoms with Gasteiger partial charge in [-0.05, 0) is 12.8 Å². The van der Waals surface area contributed by atoms with Gasteiger partial charge in [0.25, 0.3) is 0 Å². The first-order chi connectivity index (χ1) is 5.18. The zero-order chi connectivity index (χ0) is 9.70. The Labute approximate surface area is 73.7 Å². The molecular formula is C11H26. The van der Waals surface area contributed by atoms with Crippen LogP contribution in [0.4, 0.5) is 0 Å². The van der Waals surface area contributed by atoms with Crippen molar-refractivity contribution < 1.29 is 0 Å². The van der Waals surface area contributed by atoms with Crippen LogP contribution in [0.15, 0.2) is 12.2 Å². The first-order valence-corrected chi connectivity index (χ1v) is 4.81. The van der Waals surface area contributed by atoms with E-state index < -0.39 is 0 Å². The fraction of sp³-hybridized carbons (Fsp3) is 0.818. The van der Waals surface area contributed by atoms with Gasteiger partial charge in [0.2, 0.25) is 0 Å². The summed E-state index contributed by atoms with van der Waals surface area (Å²) < 4.78 is 0. The molecule has 0 bridgehead atoms. The van der Waals surface area contributed by atoms with E-state index in [4.69, 9.17) is 0 Å². The van der Waals surface area contributed by atoms with Gasteiger partial charge in [-0.25, -0.2) is 0 Å². The van der Waals surface area contributed by atoms with Gasteiger partial charge in [0, 0.05) is 0 Å². The summed E-state index contributed by atoms with van der Waals surface area (Å²) in [6, 6.07) is 0. The standard InChI is InChI=1S/C6H12.C3H8.C2H6/c1-4-5-6(2)3;1-3-2;1-2/h4-6H,1-3H3;3H2,1-2H3;1-2H3/b5-4-;;. The quantitative estimate of drug-likeness (QED) is 0.487. The maximum atomic E-state index is 2.17. The maximum Gasteiger partial charge on any atom is -0.0291 e. The second kappa shape index (κ2) is 22.6. The molecule has 0 aromatic rings. The summed E-state index contributed by atoms with van der Waals surface area (Å²) in [5.41, 5.74) is 0. The molecule has 0 heterocycles. The topological polar surface area (TPSA) is 0 Å². The smallest absolute Gasteiger partial charge is 0.0291 e. The van der Waals surface area contributed by atoms with E-state index in [1.165, 1.54) is 6.42 Å². The van der Waals surface area contributed by atoms with Gasteiger partial charge in [-0.3, -0.25) is 0 Å². The molecule has 0 saturated heterocycles. The molecule has 0 atom stereocenters. The number of hydrogen-bond acceptors (Lipinski definition) is 0. The van der Waals surface area contributed by atoms with Gasteiger partial charge in [0.1, 0.15) is 0 Å². The lowest BCUT2D eigenvalue weighted by molar-refractivity contribution is 0.830. The van der Waals surface area contributed by atoms with Gasteiger partial charge in [0.15, 0.2) is 0 Å².